The minimum absolute atomic E-state index is 0.0189. The first-order valence-electron chi connectivity index (χ1n) is 43.8. The monoisotopic (exact) mass is 2080 g/mol. The van der Waals surface area contributed by atoms with Crippen molar-refractivity contribution in [1.82, 2.24) is 168 Å². The third-order valence-corrected chi connectivity index (χ3v) is 30.3. The summed E-state index contributed by atoms with van der Waals surface area (Å²) in [5.41, 5.74) is 15.9. The Bertz CT molecular complexity index is 9250. The average molecular weight is 2080 g/mol. The molecule has 1 aliphatic carbocycles. The highest BCUT2D eigenvalue weighted by atomic mass is 32.2. The van der Waals surface area contributed by atoms with Crippen LogP contribution < -0.4 is 5.56 Å². The lowest BCUT2D eigenvalue weighted by Crippen LogP contribution is -2.25. The van der Waals surface area contributed by atoms with Gasteiger partial charge in [0.25, 0.3) is 5.56 Å². The number of hydrogen-bond donors (Lipinski definition) is 7. The van der Waals surface area contributed by atoms with Gasteiger partial charge in [0.2, 0.25) is 34.9 Å². The number of hydrogen-bond acceptors (Lipinski definition) is 38. The standard InChI is InChI=1S/C17H13N5O2S.C16H12N6O3S.C16H14N6O2S.C15H13N7O2S.C15H15N5O2S.C14H17N5O2S/c1-25(23,24)15-6-2-5-13(16(15)17-19-21-22-20-17)11-7-8-14-12(10-11)4-3-9-18-14;1-26(24,25)13-4-2-3-10(14(13)15-19-21-22-20-15)9-5-6-11-12(7-9)17-8-18-16(11)23;1-22-13-7-6-10(8-11(13)9-17-22)12-4-3-5-14(25(2,23)24)15(12)16-18-20-21-19-16;1-22-12-8-9(6-7-11(12)16-21-22)10-4-3-5-13(25(2,23)24)14(10)15-17-19-20-18-15;1-23(21,22)13-4-2-3-12(14(13)15-17-19-20-18-15)11-7-5-10(9-16)6-8-11;1-19-8-4-5-10(9-19)11-6-3-7-12(22(2,20)21)13(11)14-15-17-18-16-14/h2-10H,1H3,(H,19,20,21,22);2-8H,1H3,(H,17,18,23)(H,19,20,21,22);3-9H,1-2H3,(H,18,19,20,21);3-8H,1-2H3,(H,17,18,19,20);2-4,7,10H,5-6,8H2,1H3,(H,17,18,19,20);3,5-7H,4,8-9H2,1-2H3,(H,15,16,17,18). The van der Waals surface area contributed by atoms with Gasteiger partial charge in [0.1, 0.15) is 5.52 Å². The van der Waals surface area contributed by atoms with E-state index in [-0.39, 0.29) is 70.0 Å². The van der Waals surface area contributed by atoms with Crippen LogP contribution in [0, 0.1) is 17.2 Å². The number of rotatable bonds is 18. The largest absolute Gasteiger partial charge is 0.313 e. The number of pyridine rings is 1. The maximum atomic E-state index is 12.2. The molecule has 0 saturated carbocycles. The number of sulfone groups is 6. The second-order valence-electron chi connectivity index (χ2n) is 33.5. The van der Waals surface area contributed by atoms with Crippen LogP contribution in [-0.4, -0.2) is 277 Å². The van der Waals surface area contributed by atoms with Crippen LogP contribution in [-0.2, 0) is 73.1 Å². The van der Waals surface area contributed by atoms with E-state index in [4.69, 9.17) is 5.26 Å². The Labute approximate surface area is 830 Å². The maximum absolute atomic E-state index is 12.2. The van der Waals surface area contributed by atoms with E-state index in [2.05, 4.69) is 171 Å². The molecule has 10 aromatic heterocycles. The molecule has 10 aromatic carbocycles. The fourth-order valence-corrected chi connectivity index (χ4v) is 22.2. The number of nitrogens with zero attached hydrogens (tertiary/aromatic N) is 27. The lowest BCUT2D eigenvalue weighted by atomic mass is 9.85. The zero-order chi connectivity index (χ0) is 103. The summed E-state index contributed by atoms with van der Waals surface area (Å²) in [5.74, 6) is 1.43. The molecule has 7 N–H and O–H groups in total. The summed E-state index contributed by atoms with van der Waals surface area (Å²) in [5, 5.41) is 107. The summed E-state index contributed by atoms with van der Waals surface area (Å²) in [6, 6.07) is 58.9. The fraction of sp³-hybridized carbons (Fsp3) is 0.172. The smallest absolute Gasteiger partial charge is 0.258 e. The van der Waals surface area contributed by atoms with Gasteiger partial charge in [-0.2, -0.15) is 41.6 Å². The molecule has 0 radical (unpaired) electrons. The third-order valence-electron chi connectivity index (χ3n) is 23.4. The Hall–Kier alpha value is -17.3. The molecular weight excluding hydrogens is 1990 g/mol. The van der Waals surface area contributed by atoms with Crippen molar-refractivity contribution in [3.63, 3.8) is 0 Å². The van der Waals surface area contributed by atoms with Crippen LogP contribution in [0.5, 0.6) is 0 Å². The van der Waals surface area contributed by atoms with Gasteiger partial charge in [-0.1, -0.05) is 120 Å². The van der Waals surface area contributed by atoms with Crippen LogP contribution in [0.4, 0.5) is 0 Å². The van der Waals surface area contributed by atoms with Crippen molar-refractivity contribution in [2.75, 3.05) is 57.7 Å². The van der Waals surface area contributed by atoms with Crippen LogP contribution in [0.1, 0.15) is 36.8 Å². The highest BCUT2D eigenvalue weighted by molar-refractivity contribution is 7.92. The number of nitrogens with one attached hydrogen (secondary N) is 7. The van der Waals surface area contributed by atoms with Gasteiger partial charge in [-0.15, -0.1) is 66.3 Å². The van der Waals surface area contributed by atoms with Crippen LogP contribution in [0.25, 0.3) is 168 Å². The molecule has 0 fully saturated rings. The molecule has 2 aliphatic rings. The van der Waals surface area contributed by atoms with E-state index in [0.717, 1.165) is 134 Å². The minimum Gasteiger partial charge on any atom is -0.313 e. The summed E-state index contributed by atoms with van der Waals surface area (Å²) < 4.78 is 150. The molecule has 20 aromatic rings. The van der Waals surface area contributed by atoms with Gasteiger partial charge in [0.15, 0.2) is 59.0 Å². The number of H-pyrrole nitrogens is 7. The maximum Gasteiger partial charge on any atom is 0.258 e. The molecule has 740 valence electrons. The Balaban J connectivity index is 0.000000120. The third kappa shape index (κ3) is 22.0. The first-order valence-corrected chi connectivity index (χ1v) is 55.1. The number of tetrazole rings is 6. The second-order valence-corrected chi connectivity index (χ2v) is 45.4. The lowest BCUT2D eigenvalue weighted by molar-refractivity contribution is 0.373. The van der Waals surface area contributed by atoms with E-state index < -0.39 is 59.0 Å². The van der Waals surface area contributed by atoms with Gasteiger partial charge < -0.3 is 9.88 Å². The SMILES string of the molecule is CN1CCC=C(c2cccc(S(C)(=O)=O)c2-c2nn[nH]n2)C1.CS(=O)(=O)c1cccc(-c2ccc3c(=O)[nH]cnc3c2)c1-c1nn[nH]n1.CS(=O)(=O)c1cccc(-c2ccc3ncccc3c2)c1-c1nn[nH]n1.CS(=O)(=O)c1cccc(C2=CCC(C#N)CC2)c1-c1nn[nH]n1.Cn1ncc2cc(-c3cccc(S(C)(=O)=O)c3-c3nn[nH]n3)ccc21.Cn1nnc2ccc(-c3cccc(S(C)(=O)=O)c3-c3nn[nH]n3)cc21. The summed E-state index contributed by atoms with van der Waals surface area (Å²) >= 11 is 0. The molecule has 0 spiro atoms. The molecule has 0 amide bonds. The van der Waals surface area contributed by atoms with Crippen LogP contribution in [0.2, 0.25) is 0 Å². The molecule has 1 aliphatic heterocycles. The molecule has 146 heavy (non-hydrogen) atoms. The van der Waals surface area contributed by atoms with Crippen LogP contribution in [0.3, 0.4) is 0 Å². The van der Waals surface area contributed by atoms with Crippen molar-refractivity contribution in [3.8, 4) is 119 Å². The number of benzene rings is 10. The van der Waals surface area contributed by atoms with Gasteiger partial charge >= 0.3 is 0 Å². The molecule has 1 atom stereocenters. The zero-order valence-electron chi connectivity index (χ0n) is 78.5. The Morgan fingerprint density at radius 3 is 1.15 bits per heavy atom. The number of aryl methyl sites for hydroxylation is 2. The molecule has 47 nitrogen and oxygen atoms in total. The van der Waals surface area contributed by atoms with Gasteiger partial charge in [0.05, 0.1) is 81.3 Å². The second kappa shape index (κ2) is 41.7. The quantitative estimate of drug-likeness (QED) is 0.0420. The van der Waals surface area contributed by atoms with E-state index in [1.54, 1.807) is 114 Å². The molecule has 53 heteroatoms. The molecule has 22 rings (SSSR count). The van der Waals surface area contributed by atoms with Gasteiger partial charge in [-0.25, -0.2) is 60.2 Å². The number of aromatic amines is 7. The van der Waals surface area contributed by atoms with Crippen molar-refractivity contribution in [3.05, 3.63) is 246 Å². The Morgan fingerprint density at radius 1 is 0.370 bits per heavy atom. The van der Waals surface area contributed by atoms with Gasteiger partial charge in [0, 0.05) is 115 Å². The van der Waals surface area contributed by atoms with Crippen molar-refractivity contribution in [2.24, 2.45) is 20.0 Å². The Kier molecular flexibility index (Phi) is 28.6. The van der Waals surface area contributed by atoms with Crippen LogP contribution in [0.15, 0.2) is 259 Å². The van der Waals surface area contributed by atoms with E-state index in [1.165, 1.54) is 37.2 Å². The molecule has 11 heterocycles. The molecule has 1 unspecified atom stereocenters. The lowest BCUT2D eigenvalue weighted by Gasteiger charge is -2.24. The first-order chi connectivity index (χ1) is 69.9. The summed E-state index contributed by atoms with van der Waals surface area (Å²) in [6.45, 7) is 1.75. The topological polar surface area (TPSA) is 666 Å². The normalized spacial score (nSPS) is 13.5. The Morgan fingerprint density at radius 2 is 0.753 bits per heavy atom. The van der Waals surface area contributed by atoms with E-state index in [1.807, 2.05) is 117 Å². The predicted octanol–water partition coefficient (Wildman–Crippen LogP) is 9.67. The number of likely N-dealkylation sites (N-methyl/N-ethyl adjacent to an activating group) is 1. The average Bonchev–Trinajstić information content (AvgIpc) is 1.66. The molecule has 0 saturated heterocycles. The summed E-state index contributed by atoms with van der Waals surface area (Å²) in [4.78, 5) is 26.0. The van der Waals surface area contributed by atoms with E-state index in [9.17, 15) is 55.3 Å². The number of fused-ring (bicyclic) bond motifs is 4. The number of allylic oxidation sites excluding steroid dienone is 2. The van der Waals surface area contributed by atoms with E-state index in [0.29, 0.717) is 73.2 Å². The van der Waals surface area contributed by atoms with Crippen molar-refractivity contribution < 1.29 is 50.5 Å². The highest BCUT2D eigenvalue weighted by Gasteiger charge is 2.31. The fourth-order valence-electron chi connectivity index (χ4n) is 16.8. The molecule has 0 bridgehead atoms. The minimum atomic E-state index is -3.53. The predicted molar refractivity (Wildman–Crippen MR) is 537 cm³/mol. The molecular formula is C93H84N34O13S6. The summed E-state index contributed by atoms with van der Waals surface area (Å²) in [7, 11) is -15.1. The highest BCUT2D eigenvalue weighted by Crippen LogP contribution is 2.44. The van der Waals surface area contributed by atoms with Crippen molar-refractivity contribution >= 4 is 114 Å². The number of aromatic nitrogens is 32. The van der Waals surface area contributed by atoms with Gasteiger partial charge in [-0.3, -0.25) is 14.5 Å². The van der Waals surface area contributed by atoms with E-state index >= 15 is 0 Å². The van der Waals surface area contributed by atoms with Gasteiger partial charge in [-0.05, 0) is 222 Å². The first kappa shape index (κ1) is 100. The van der Waals surface area contributed by atoms with Crippen LogP contribution >= 0.6 is 0 Å². The summed E-state index contributed by atoms with van der Waals surface area (Å²) in [6.07, 6.45) is 19.0. The van der Waals surface area contributed by atoms with Crippen molar-refractivity contribution in [1.29, 1.82) is 5.26 Å². The zero-order valence-corrected chi connectivity index (χ0v) is 83.4. The van der Waals surface area contributed by atoms with Crippen molar-refractivity contribution in [2.45, 2.75) is 55.1 Å². The number of nitriles is 1.